The molecular formula is C16H24N2O3. The summed E-state index contributed by atoms with van der Waals surface area (Å²) in [6, 6.07) is 0.140. The molecule has 1 aromatic heterocycles. The van der Waals surface area contributed by atoms with E-state index < -0.39 is 5.97 Å². The standard InChI is InChI=1S/C16H24N2O3/c1-9-12(10(2)17-13(9)15(20)21)14(19)18-11-7-5-6-8-16(11,3)4/h11,17H,5-8H2,1-4H3,(H,18,19)(H,20,21). The Bertz CT molecular complexity index is 572. The zero-order chi connectivity index (χ0) is 15.8. The van der Waals surface area contributed by atoms with Gasteiger partial charge in [0.05, 0.1) is 5.56 Å². The van der Waals surface area contributed by atoms with E-state index in [2.05, 4.69) is 24.1 Å². The van der Waals surface area contributed by atoms with E-state index in [1.165, 1.54) is 6.42 Å². The summed E-state index contributed by atoms with van der Waals surface area (Å²) in [7, 11) is 0. The van der Waals surface area contributed by atoms with Crippen LogP contribution in [0.5, 0.6) is 0 Å². The Hall–Kier alpha value is -1.78. The summed E-state index contributed by atoms with van der Waals surface area (Å²) in [6.45, 7) is 7.77. The van der Waals surface area contributed by atoms with Crippen molar-refractivity contribution in [3.8, 4) is 0 Å². The van der Waals surface area contributed by atoms with Crippen LogP contribution >= 0.6 is 0 Å². The molecule has 1 aliphatic carbocycles. The molecule has 21 heavy (non-hydrogen) atoms. The van der Waals surface area contributed by atoms with Gasteiger partial charge >= 0.3 is 5.97 Å². The highest BCUT2D eigenvalue weighted by molar-refractivity contribution is 6.01. The molecule has 3 N–H and O–H groups in total. The fourth-order valence-corrected chi connectivity index (χ4v) is 3.30. The smallest absolute Gasteiger partial charge is 0.352 e. The van der Waals surface area contributed by atoms with E-state index in [9.17, 15) is 9.59 Å². The van der Waals surface area contributed by atoms with E-state index in [1.807, 2.05) is 0 Å². The molecule has 5 heteroatoms. The van der Waals surface area contributed by atoms with Crippen molar-refractivity contribution in [1.29, 1.82) is 0 Å². The molecule has 1 unspecified atom stereocenters. The number of amides is 1. The summed E-state index contributed by atoms with van der Waals surface area (Å²) in [5.74, 6) is -1.21. The van der Waals surface area contributed by atoms with Gasteiger partial charge in [0.25, 0.3) is 5.91 Å². The third kappa shape index (κ3) is 2.96. The quantitative estimate of drug-likeness (QED) is 0.801. The van der Waals surface area contributed by atoms with E-state index in [4.69, 9.17) is 5.11 Å². The minimum Gasteiger partial charge on any atom is -0.477 e. The second kappa shape index (κ2) is 5.54. The van der Waals surface area contributed by atoms with E-state index in [1.54, 1.807) is 13.8 Å². The van der Waals surface area contributed by atoms with Crippen molar-refractivity contribution in [3.63, 3.8) is 0 Å². The van der Waals surface area contributed by atoms with Gasteiger partial charge in [-0.15, -0.1) is 0 Å². The number of carbonyl (C=O) groups is 2. The molecule has 5 nitrogen and oxygen atoms in total. The van der Waals surface area contributed by atoms with Crippen LogP contribution in [0.25, 0.3) is 0 Å². The first kappa shape index (κ1) is 15.6. The van der Waals surface area contributed by atoms with Crippen molar-refractivity contribution in [2.45, 2.75) is 59.4 Å². The van der Waals surface area contributed by atoms with E-state index in [0.717, 1.165) is 19.3 Å². The number of hydrogen-bond donors (Lipinski definition) is 3. The summed E-state index contributed by atoms with van der Waals surface area (Å²) in [4.78, 5) is 26.5. The normalized spacial score (nSPS) is 21.0. The molecule has 1 amide bonds. The minimum absolute atomic E-state index is 0.0850. The number of carboxylic acids is 1. The molecule has 1 saturated carbocycles. The number of aromatic nitrogens is 1. The zero-order valence-electron chi connectivity index (χ0n) is 13.2. The molecule has 0 radical (unpaired) electrons. The summed E-state index contributed by atoms with van der Waals surface area (Å²) < 4.78 is 0. The van der Waals surface area contributed by atoms with Gasteiger partial charge in [0.2, 0.25) is 0 Å². The third-order valence-corrected chi connectivity index (χ3v) is 4.69. The van der Waals surface area contributed by atoms with Crippen molar-refractivity contribution in [2.75, 3.05) is 0 Å². The molecule has 0 bridgehead atoms. The number of carbonyl (C=O) groups excluding carboxylic acids is 1. The number of rotatable bonds is 3. The van der Waals surface area contributed by atoms with Gasteiger partial charge in [0, 0.05) is 11.7 Å². The lowest BCUT2D eigenvalue weighted by molar-refractivity contribution is 0.0690. The average molecular weight is 292 g/mol. The maximum absolute atomic E-state index is 12.6. The van der Waals surface area contributed by atoms with Gasteiger partial charge in [-0.1, -0.05) is 26.7 Å². The van der Waals surface area contributed by atoms with Gasteiger partial charge in [0.15, 0.2) is 0 Å². The number of aromatic amines is 1. The Morgan fingerprint density at radius 3 is 2.48 bits per heavy atom. The molecule has 1 aliphatic rings. The Labute approximate surface area is 125 Å². The van der Waals surface area contributed by atoms with E-state index in [-0.39, 0.29) is 23.1 Å². The number of aromatic carboxylic acids is 1. The van der Waals surface area contributed by atoms with Gasteiger partial charge in [0.1, 0.15) is 5.69 Å². The van der Waals surface area contributed by atoms with Crippen LogP contribution in [0.15, 0.2) is 0 Å². The van der Waals surface area contributed by atoms with Gasteiger partial charge in [-0.2, -0.15) is 0 Å². The molecule has 1 aromatic rings. The number of hydrogen-bond acceptors (Lipinski definition) is 2. The first-order valence-corrected chi connectivity index (χ1v) is 7.47. The molecule has 0 spiro atoms. The lowest BCUT2D eigenvalue weighted by Gasteiger charge is -2.39. The fourth-order valence-electron chi connectivity index (χ4n) is 3.30. The second-order valence-corrected chi connectivity index (χ2v) is 6.69. The highest BCUT2D eigenvalue weighted by Gasteiger charge is 2.34. The molecule has 1 heterocycles. The number of H-pyrrole nitrogens is 1. The molecule has 0 aromatic carbocycles. The van der Waals surface area contributed by atoms with Crippen LogP contribution < -0.4 is 5.32 Å². The lowest BCUT2D eigenvalue weighted by Crippen LogP contribution is -2.47. The molecular weight excluding hydrogens is 268 g/mol. The Kier molecular flexibility index (Phi) is 4.12. The Morgan fingerprint density at radius 1 is 1.29 bits per heavy atom. The second-order valence-electron chi connectivity index (χ2n) is 6.69. The van der Waals surface area contributed by atoms with Crippen LogP contribution in [0, 0.1) is 19.3 Å². The van der Waals surface area contributed by atoms with Crippen molar-refractivity contribution in [3.05, 3.63) is 22.5 Å². The lowest BCUT2D eigenvalue weighted by atomic mass is 9.73. The highest BCUT2D eigenvalue weighted by atomic mass is 16.4. The fraction of sp³-hybridized carbons (Fsp3) is 0.625. The van der Waals surface area contributed by atoms with Crippen molar-refractivity contribution in [2.24, 2.45) is 5.41 Å². The Morgan fingerprint density at radius 2 is 1.95 bits per heavy atom. The van der Waals surface area contributed by atoms with Crippen LogP contribution in [0.4, 0.5) is 0 Å². The van der Waals surface area contributed by atoms with Crippen molar-refractivity contribution < 1.29 is 14.7 Å². The molecule has 116 valence electrons. The van der Waals surface area contributed by atoms with E-state index in [0.29, 0.717) is 16.8 Å². The monoisotopic (exact) mass is 292 g/mol. The van der Waals surface area contributed by atoms with Gasteiger partial charge < -0.3 is 15.4 Å². The first-order chi connectivity index (χ1) is 9.74. The Balaban J connectivity index is 2.23. The molecule has 0 aliphatic heterocycles. The van der Waals surface area contributed by atoms with Crippen LogP contribution in [0.1, 0.15) is 71.6 Å². The topological polar surface area (TPSA) is 82.2 Å². The van der Waals surface area contributed by atoms with Gasteiger partial charge in [-0.05, 0) is 37.7 Å². The molecule has 0 saturated heterocycles. The van der Waals surface area contributed by atoms with Crippen molar-refractivity contribution >= 4 is 11.9 Å². The summed E-state index contributed by atoms with van der Waals surface area (Å²) in [6.07, 6.45) is 4.40. The van der Waals surface area contributed by atoms with E-state index >= 15 is 0 Å². The molecule has 1 fully saturated rings. The minimum atomic E-state index is -1.03. The zero-order valence-corrected chi connectivity index (χ0v) is 13.2. The highest BCUT2D eigenvalue weighted by Crippen LogP contribution is 2.35. The number of aryl methyl sites for hydroxylation is 1. The third-order valence-electron chi connectivity index (χ3n) is 4.69. The predicted octanol–water partition coefficient (Wildman–Crippen LogP) is 3.03. The average Bonchev–Trinajstić information content (AvgIpc) is 2.67. The van der Waals surface area contributed by atoms with Crippen LogP contribution in [-0.2, 0) is 0 Å². The maximum atomic E-state index is 12.6. The number of nitrogens with one attached hydrogen (secondary N) is 2. The number of carboxylic acid groups (broad SMARTS) is 1. The maximum Gasteiger partial charge on any atom is 0.352 e. The van der Waals surface area contributed by atoms with Crippen LogP contribution in [0.2, 0.25) is 0 Å². The summed E-state index contributed by atoms with van der Waals surface area (Å²) >= 11 is 0. The first-order valence-electron chi connectivity index (χ1n) is 7.47. The summed E-state index contributed by atoms with van der Waals surface area (Å²) in [5, 5.41) is 12.2. The van der Waals surface area contributed by atoms with Gasteiger partial charge in [-0.25, -0.2) is 4.79 Å². The molecule has 2 rings (SSSR count). The molecule has 1 atom stereocenters. The largest absolute Gasteiger partial charge is 0.477 e. The van der Waals surface area contributed by atoms with Gasteiger partial charge in [-0.3, -0.25) is 4.79 Å². The van der Waals surface area contributed by atoms with Crippen molar-refractivity contribution in [1.82, 2.24) is 10.3 Å². The van der Waals surface area contributed by atoms with Crippen LogP contribution in [-0.4, -0.2) is 28.0 Å². The summed E-state index contributed by atoms with van der Waals surface area (Å²) in [5.41, 5.74) is 1.76. The van der Waals surface area contributed by atoms with Crippen LogP contribution in [0.3, 0.4) is 0 Å². The predicted molar refractivity (Wildman–Crippen MR) is 80.7 cm³/mol. The SMILES string of the molecule is Cc1[nH]c(C(=O)O)c(C)c1C(=O)NC1CCCCC1(C)C.